The van der Waals surface area contributed by atoms with Crippen LogP contribution in [-0.4, -0.2) is 21.9 Å². The van der Waals surface area contributed by atoms with Gasteiger partial charge in [0.05, 0.1) is 11.7 Å². The van der Waals surface area contributed by atoms with Crippen molar-refractivity contribution in [3.63, 3.8) is 0 Å². The normalized spacial score (nSPS) is 20.1. The average molecular weight is 188 g/mol. The zero-order chi connectivity index (χ0) is 10.9. The van der Waals surface area contributed by atoms with Gasteiger partial charge in [-0.3, -0.25) is 0 Å². The molecule has 0 saturated heterocycles. The van der Waals surface area contributed by atoms with Gasteiger partial charge in [-0.1, -0.05) is 34.6 Å². The first kappa shape index (κ1) is 12.9. The van der Waals surface area contributed by atoms with Gasteiger partial charge in [0.2, 0.25) is 0 Å². The molecule has 0 amide bonds. The van der Waals surface area contributed by atoms with Gasteiger partial charge in [0.25, 0.3) is 0 Å². The highest BCUT2D eigenvalue weighted by molar-refractivity contribution is 4.84. The third-order valence-corrected chi connectivity index (χ3v) is 2.85. The first-order chi connectivity index (χ1) is 5.57. The van der Waals surface area contributed by atoms with Gasteiger partial charge < -0.3 is 10.2 Å². The molecule has 0 aromatic rings. The fourth-order valence-electron chi connectivity index (χ4n) is 0.933. The van der Waals surface area contributed by atoms with E-state index in [2.05, 4.69) is 0 Å². The number of hydrogen-bond donors (Lipinski definition) is 2. The van der Waals surface area contributed by atoms with E-state index in [0.29, 0.717) is 6.42 Å². The Morgan fingerprint density at radius 3 is 1.69 bits per heavy atom. The van der Waals surface area contributed by atoms with Crippen LogP contribution < -0.4 is 0 Å². The molecule has 2 unspecified atom stereocenters. The molecular formula is C11H24O2. The van der Waals surface area contributed by atoms with E-state index in [-0.39, 0.29) is 11.3 Å². The van der Waals surface area contributed by atoms with Gasteiger partial charge >= 0.3 is 0 Å². The van der Waals surface area contributed by atoms with E-state index in [1.807, 2.05) is 34.6 Å². The summed E-state index contributed by atoms with van der Waals surface area (Å²) in [5, 5.41) is 19.8. The van der Waals surface area contributed by atoms with E-state index in [1.165, 1.54) is 0 Å². The molecule has 80 valence electrons. The Bertz CT molecular complexity index is 154. The highest BCUT2D eigenvalue weighted by atomic mass is 16.3. The average Bonchev–Trinajstić information content (AvgIpc) is 1.83. The Morgan fingerprint density at radius 2 is 1.46 bits per heavy atom. The Labute approximate surface area is 82.0 Å². The van der Waals surface area contributed by atoms with Crippen molar-refractivity contribution in [3.8, 4) is 0 Å². The molecule has 0 aromatic heterocycles. The molecule has 0 aliphatic carbocycles. The van der Waals surface area contributed by atoms with E-state index in [4.69, 9.17) is 0 Å². The van der Waals surface area contributed by atoms with Crippen LogP contribution in [0.25, 0.3) is 0 Å². The summed E-state index contributed by atoms with van der Waals surface area (Å²) >= 11 is 0. The highest BCUT2D eigenvalue weighted by Gasteiger charge is 2.33. The molecule has 0 fully saturated rings. The summed E-state index contributed by atoms with van der Waals surface area (Å²) < 4.78 is 0. The maximum atomic E-state index is 9.97. The third kappa shape index (κ3) is 4.10. The smallest absolute Gasteiger partial charge is 0.0667 e. The van der Waals surface area contributed by atoms with Crippen LogP contribution in [0.15, 0.2) is 0 Å². The molecule has 2 N–H and O–H groups in total. The van der Waals surface area contributed by atoms with Gasteiger partial charge in [0, 0.05) is 6.42 Å². The van der Waals surface area contributed by atoms with Crippen LogP contribution >= 0.6 is 0 Å². The van der Waals surface area contributed by atoms with Crippen LogP contribution in [0.1, 0.15) is 48.0 Å². The number of aliphatic hydroxyl groups is 2. The number of aliphatic hydroxyl groups excluding tert-OH is 1. The molecule has 0 radical (unpaired) electrons. The lowest BCUT2D eigenvalue weighted by Gasteiger charge is -2.35. The fourth-order valence-corrected chi connectivity index (χ4v) is 0.933. The molecule has 2 heteroatoms. The lowest BCUT2D eigenvalue weighted by atomic mass is 9.78. The molecule has 2 atom stereocenters. The fraction of sp³-hybridized carbons (Fsp3) is 1.00. The molecular weight excluding hydrogens is 164 g/mol. The SMILES string of the molecule is CC(C)C(C)(O)CC(O)C(C)(C)C. The molecule has 2 nitrogen and oxygen atoms in total. The van der Waals surface area contributed by atoms with E-state index < -0.39 is 11.7 Å². The zero-order valence-corrected chi connectivity index (χ0v) is 9.76. The highest BCUT2D eigenvalue weighted by Crippen LogP contribution is 2.29. The molecule has 13 heavy (non-hydrogen) atoms. The van der Waals surface area contributed by atoms with Crippen molar-refractivity contribution < 1.29 is 10.2 Å². The van der Waals surface area contributed by atoms with Crippen LogP contribution in [0.5, 0.6) is 0 Å². The largest absolute Gasteiger partial charge is 0.392 e. The Kier molecular flexibility index (Phi) is 3.95. The summed E-state index contributed by atoms with van der Waals surface area (Å²) in [4.78, 5) is 0. The second-order valence-electron chi connectivity index (χ2n) is 5.60. The molecule has 0 aromatic carbocycles. The first-order valence-electron chi connectivity index (χ1n) is 4.98. The van der Waals surface area contributed by atoms with Gasteiger partial charge in [-0.25, -0.2) is 0 Å². The van der Waals surface area contributed by atoms with Crippen LogP contribution in [0, 0.1) is 11.3 Å². The van der Waals surface area contributed by atoms with Crippen molar-refractivity contribution in [2.45, 2.75) is 59.7 Å². The first-order valence-corrected chi connectivity index (χ1v) is 4.98. The molecule has 0 rings (SSSR count). The zero-order valence-electron chi connectivity index (χ0n) is 9.76. The molecule has 0 heterocycles. The van der Waals surface area contributed by atoms with Gasteiger partial charge in [-0.2, -0.15) is 0 Å². The van der Waals surface area contributed by atoms with Gasteiger partial charge in [-0.15, -0.1) is 0 Å². The van der Waals surface area contributed by atoms with E-state index in [0.717, 1.165) is 0 Å². The Hall–Kier alpha value is -0.0800. The van der Waals surface area contributed by atoms with Crippen molar-refractivity contribution in [1.29, 1.82) is 0 Å². The van der Waals surface area contributed by atoms with Crippen molar-refractivity contribution in [2.24, 2.45) is 11.3 Å². The lowest BCUT2D eigenvalue weighted by molar-refractivity contribution is -0.0589. The van der Waals surface area contributed by atoms with Crippen LogP contribution in [0.4, 0.5) is 0 Å². The van der Waals surface area contributed by atoms with Crippen LogP contribution in [-0.2, 0) is 0 Å². The summed E-state index contributed by atoms with van der Waals surface area (Å²) in [5.41, 5.74) is -0.925. The maximum absolute atomic E-state index is 9.97. The Morgan fingerprint density at radius 1 is 1.08 bits per heavy atom. The van der Waals surface area contributed by atoms with Gasteiger partial charge in [0.1, 0.15) is 0 Å². The van der Waals surface area contributed by atoms with Gasteiger partial charge in [-0.05, 0) is 18.3 Å². The predicted molar refractivity (Wildman–Crippen MR) is 55.5 cm³/mol. The van der Waals surface area contributed by atoms with Crippen molar-refractivity contribution in [1.82, 2.24) is 0 Å². The summed E-state index contributed by atoms with van der Waals surface area (Å²) in [6.07, 6.45) is -0.0151. The van der Waals surface area contributed by atoms with E-state index >= 15 is 0 Å². The summed E-state index contributed by atoms with van der Waals surface area (Å²) in [5.74, 6) is 0.171. The number of rotatable bonds is 3. The molecule has 0 aliphatic rings. The minimum Gasteiger partial charge on any atom is -0.392 e. The molecule has 0 saturated carbocycles. The van der Waals surface area contributed by atoms with Crippen LogP contribution in [0.2, 0.25) is 0 Å². The van der Waals surface area contributed by atoms with Crippen molar-refractivity contribution in [3.05, 3.63) is 0 Å². The topological polar surface area (TPSA) is 40.5 Å². The molecule has 0 spiro atoms. The predicted octanol–water partition coefficient (Wildman–Crippen LogP) is 2.19. The van der Waals surface area contributed by atoms with Crippen molar-refractivity contribution in [2.75, 3.05) is 0 Å². The minimum atomic E-state index is -0.771. The standard InChI is InChI=1S/C11H24O2/c1-8(2)11(6,13)7-9(12)10(3,4)5/h8-9,12-13H,7H2,1-6H3. The van der Waals surface area contributed by atoms with E-state index in [1.54, 1.807) is 6.92 Å². The van der Waals surface area contributed by atoms with Crippen molar-refractivity contribution >= 4 is 0 Å². The summed E-state index contributed by atoms with van der Waals surface area (Å²) in [7, 11) is 0. The summed E-state index contributed by atoms with van der Waals surface area (Å²) in [6.45, 7) is 11.7. The van der Waals surface area contributed by atoms with E-state index in [9.17, 15) is 10.2 Å². The summed E-state index contributed by atoms with van der Waals surface area (Å²) in [6, 6.07) is 0. The minimum absolute atomic E-state index is 0.154. The molecule has 0 aliphatic heterocycles. The third-order valence-electron chi connectivity index (χ3n) is 2.85. The lowest BCUT2D eigenvalue weighted by Crippen LogP contribution is -2.40. The second-order valence-corrected chi connectivity index (χ2v) is 5.60. The Balaban J connectivity index is 4.28. The van der Waals surface area contributed by atoms with Crippen LogP contribution in [0.3, 0.4) is 0 Å². The quantitative estimate of drug-likeness (QED) is 0.712. The molecule has 0 bridgehead atoms. The van der Waals surface area contributed by atoms with Gasteiger partial charge in [0.15, 0.2) is 0 Å². The second kappa shape index (κ2) is 3.97. The maximum Gasteiger partial charge on any atom is 0.0667 e. The monoisotopic (exact) mass is 188 g/mol. The number of hydrogen-bond acceptors (Lipinski definition) is 2.